The molecule has 0 fully saturated rings. The quantitative estimate of drug-likeness (QED) is 0.692. The van der Waals surface area contributed by atoms with E-state index in [1.165, 1.54) is 12.8 Å². The third-order valence-electron chi connectivity index (χ3n) is 1.62. The summed E-state index contributed by atoms with van der Waals surface area (Å²) in [5.41, 5.74) is 0. The highest BCUT2D eigenvalue weighted by Gasteiger charge is 2.05. The fourth-order valence-electron chi connectivity index (χ4n) is 1.02. The van der Waals surface area contributed by atoms with Gasteiger partial charge in [-0.2, -0.15) is 5.10 Å². The van der Waals surface area contributed by atoms with Gasteiger partial charge in [-0.1, -0.05) is 20.3 Å². The van der Waals surface area contributed by atoms with E-state index in [1.807, 2.05) is 0 Å². The van der Waals surface area contributed by atoms with Gasteiger partial charge < -0.3 is 0 Å². The molecular weight excluding hydrogens is 126 g/mol. The number of hydrogen-bond acceptors (Lipinski definition) is 2. The molecule has 1 heterocycles. The molecule has 0 spiro atoms. The molecule has 0 aromatic carbocycles. The number of nitrogens with zero attached hydrogens (tertiary/aromatic N) is 2. The predicted octanol–water partition coefficient (Wildman–Crippen LogP) is 1.71. The summed E-state index contributed by atoms with van der Waals surface area (Å²) < 4.78 is 0. The van der Waals surface area contributed by atoms with E-state index in [-0.39, 0.29) is 0 Å². The molecule has 0 bridgehead atoms. The molecule has 0 aliphatic rings. The van der Waals surface area contributed by atoms with Crippen LogP contribution in [-0.4, -0.2) is 15.2 Å². The normalized spacial score (nSPS) is 13.4. The first-order valence-corrected chi connectivity index (χ1v) is 3.69. The number of nitrogens with one attached hydrogen (secondary N) is 1. The van der Waals surface area contributed by atoms with Crippen molar-refractivity contribution in [3.8, 4) is 0 Å². The monoisotopic (exact) mass is 139 g/mol. The molecule has 1 atom stereocenters. The standard InChI is InChI=1S/C7H13N3/c1-3-4-6(2)7-8-5-9-10-7/h5-6H,3-4H2,1-2H3,(H,8,9,10). The molecule has 0 amide bonds. The summed E-state index contributed by atoms with van der Waals surface area (Å²) in [6, 6.07) is 0. The van der Waals surface area contributed by atoms with Crippen molar-refractivity contribution in [1.29, 1.82) is 0 Å². The number of aromatic nitrogens is 3. The fourth-order valence-corrected chi connectivity index (χ4v) is 1.02. The number of aromatic amines is 1. The Morgan fingerprint density at radius 3 is 3.00 bits per heavy atom. The second-order valence-corrected chi connectivity index (χ2v) is 2.56. The first-order chi connectivity index (χ1) is 4.84. The Bertz CT molecular complexity index is 169. The lowest BCUT2D eigenvalue weighted by atomic mass is 10.1. The summed E-state index contributed by atoms with van der Waals surface area (Å²) >= 11 is 0. The van der Waals surface area contributed by atoms with Crippen LogP contribution in [0.1, 0.15) is 38.4 Å². The Morgan fingerprint density at radius 1 is 1.70 bits per heavy atom. The Kier molecular flexibility index (Phi) is 2.42. The topological polar surface area (TPSA) is 41.6 Å². The van der Waals surface area contributed by atoms with Gasteiger partial charge in [0.2, 0.25) is 0 Å². The largest absolute Gasteiger partial charge is 0.263 e. The summed E-state index contributed by atoms with van der Waals surface area (Å²) in [5, 5.41) is 6.65. The highest BCUT2D eigenvalue weighted by molar-refractivity contribution is 4.89. The lowest BCUT2D eigenvalue weighted by Gasteiger charge is -2.03. The minimum atomic E-state index is 0.521. The van der Waals surface area contributed by atoms with Crippen molar-refractivity contribution >= 4 is 0 Å². The van der Waals surface area contributed by atoms with Gasteiger partial charge in [-0.15, -0.1) is 0 Å². The van der Waals surface area contributed by atoms with Crippen molar-refractivity contribution in [2.75, 3.05) is 0 Å². The van der Waals surface area contributed by atoms with Crippen molar-refractivity contribution in [3.63, 3.8) is 0 Å². The molecular formula is C7H13N3. The number of rotatable bonds is 3. The van der Waals surface area contributed by atoms with E-state index >= 15 is 0 Å². The minimum Gasteiger partial charge on any atom is -0.263 e. The van der Waals surface area contributed by atoms with E-state index in [0.717, 1.165) is 5.82 Å². The van der Waals surface area contributed by atoms with Gasteiger partial charge in [0.25, 0.3) is 0 Å². The Labute approximate surface area is 60.9 Å². The second-order valence-electron chi connectivity index (χ2n) is 2.56. The van der Waals surface area contributed by atoms with Crippen LogP contribution < -0.4 is 0 Å². The highest BCUT2D eigenvalue weighted by atomic mass is 15.2. The molecule has 0 aliphatic carbocycles. The fraction of sp³-hybridized carbons (Fsp3) is 0.714. The number of hydrogen-bond donors (Lipinski definition) is 1. The molecule has 1 rings (SSSR count). The van der Waals surface area contributed by atoms with E-state index < -0.39 is 0 Å². The van der Waals surface area contributed by atoms with Crippen molar-refractivity contribution < 1.29 is 0 Å². The molecule has 0 saturated heterocycles. The second kappa shape index (κ2) is 3.34. The molecule has 0 saturated carbocycles. The van der Waals surface area contributed by atoms with E-state index in [4.69, 9.17) is 0 Å². The summed E-state index contributed by atoms with van der Waals surface area (Å²) in [4.78, 5) is 4.07. The molecule has 0 radical (unpaired) electrons. The summed E-state index contributed by atoms with van der Waals surface area (Å²) in [7, 11) is 0. The molecule has 1 aromatic heterocycles. The summed E-state index contributed by atoms with van der Waals surface area (Å²) in [6.45, 7) is 4.33. The van der Waals surface area contributed by atoms with Crippen LogP contribution in [0.25, 0.3) is 0 Å². The van der Waals surface area contributed by atoms with E-state index in [2.05, 4.69) is 29.0 Å². The molecule has 3 nitrogen and oxygen atoms in total. The van der Waals surface area contributed by atoms with Crippen molar-refractivity contribution in [2.24, 2.45) is 0 Å². The molecule has 3 heteroatoms. The Hall–Kier alpha value is -0.860. The van der Waals surface area contributed by atoms with Crippen LogP contribution in [0.2, 0.25) is 0 Å². The van der Waals surface area contributed by atoms with E-state index in [0.29, 0.717) is 5.92 Å². The van der Waals surface area contributed by atoms with Gasteiger partial charge in [0.1, 0.15) is 12.2 Å². The van der Waals surface area contributed by atoms with Crippen molar-refractivity contribution in [1.82, 2.24) is 15.2 Å². The predicted molar refractivity (Wildman–Crippen MR) is 39.7 cm³/mol. The zero-order valence-electron chi connectivity index (χ0n) is 6.46. The molecule has 0 aliphatic heterocycles. The van der Waals surface area contributed by atoms with Crippen molar-refractivity contribution in [2.45, 2.75) is 32.6 Å². The molecule has 1 aromatic rings. The average molecular weight is 139 g/mol. The van der Waals surface area contributed by atoms with Crippen LogP contribution in [-0.2, 0) is 0 Å². The maximum absolute atomic E-state index is 4.07. The molecule has 1 N–H and O–H groups in total. The van der Waals surface area contributed by atoms with Gasteiger partial charge in [-0.3, -0.25) is 5.10 Å². The van der Waals surface area contributed by atoms with Gasteiger partial charge >= 0.3 is 0 Å². The van der Waals surface area contributed by atoms with Crippen molar-refractivity contribution in [3.05, 3.63) is 12.2 Å². The minimum absolute atomic E-state index is 0.521. The molecule has 1 unspecified atom stereocenters. The third-order valence-corrected chi connectivity index (χ3v) is 1.62. The van der Waals surface area contributed by atoms with Gasteiger partial charge in [-0.05, 0) is 6.42 Å². The van der Waals surface area contributed by atoms with E-state index in [1.54, 1.807) is 6.33 Å². The summed E-state index contributed by atoms with van der Waals surface area (Å²) in [6.07, 6.45) is 3.93. The Balaban J connectivity index is 2.50. The lowest BCUT2D eigenvalue weighted by molar-refractivity contribution is 0.629. The number of H-pyrrole nitrogens is 1. The highest BCUT2D eigenvalue weighted by Crippen LogP contribution is 2.14. The van der Waals surface area contributed by atoms with Gasteiger partial charge in [0.05, 0.1) is 0 Å². The van der Waals surface area contributed by atoms with Gasteiger partial charge in [0, 0.05) is 5.92 Å². The van der Waals surface area contributed by atoms with Gasteiger partial charge in [0.15, 0.2) is 0 Å². The van der Waals surface area contributed by atoms with Crippen LogP contribution in [0.4, 0.5) is 0 Å². The van der Waals surface area contributed by atoms with Gasteiger partial charge in [-0.25, -0.2) is 4.98 Å². The SMILES string of the molecule is CCCC(C)c1ncn[nH]1. The van der Waals surface area contributed by atoms with E-state index in [9.17, 15) is 0 Å². The Morgan fingerprint density at radius 2 is 2.50 bits per heavy atom. The zero-order chi connectivity index (χ0) is 7.40. The maximum atomic E-state index is 4.07. The third kappa shape index (κ3) is 1.56. The first-order valence-electron chi connectivity index (χ1n) is 3.69. The lowest BCUT2D eigenvalue weighted by Crippen LogP contribution is -1.94. The van der Waals surface area contributed by atoms with Crippen LogP contribution in [0, 0.1) is 0 Å². The average Bonchev–Trinajstić information content (AvgIpc) is 2.38. The van der Waals surface area contributed by atoms with Crippen LogP contribution >= 0.6 is 0 Å². The smallest absolute Gasteiger partial charge is 0.137 e. The molecule has 56 valence electrons. The van der Waals surface area contributed by atoms with Crippen LogP contribution in [0.5, 0.6) is 0 Å². The zero-order valence-corrected chi connectivity index (χ0v) is 6.46. The van der Waals surface area contributed by atoms with Crippen LogP contribution in [0.3, 0.4) is 0 Å². The summed E-state index contributed by atoms with van der Waals surface area (Å²) in [5.74, 6) is 1.52. The maximum Gasteiger partial charge on any atom is 0.137 e. The first kappa shape index (κ1) is 7.25. The molecule has 10 heavy (non-hydrogen) atoms. The van der Waals surface area contributed by atoms with Crippen LogP contribution in [0.15, 0.2) is 6.33 Å².